The summed E-state index contributed by atoms with van der Waals surface area (Å²) >= 11 is 4.28. The Labute approximate surface area is 151 Å². The Morgan fingerprint density at radius 1 is 1.04 bits per heavy atom. The third-order valence-electron chi connectivity index (χ3n) is 4.48. The van der Waals surface area contributed by atoms with E-state index in [2.05, 4.69) is 70.5 Å². The molecule has 0 unspecified atom stereocenters. The molecule has 4 rings (SSSR count). The number of rotatable bonds is 5. The van der Waals surface area contributed by atoms with Gasteiger partial charge in [-0.25, -0.2) is 0 Å². The molecule has 4 heteroatoms. The molecule has 0 aliphatic carbocycles. The van der Waals surface area contributed by atoms with E-state index in [0.29, 0.717) is 37.3 Å². The second-order valence-corrected chi connectivity index (χ2v) is 9.73. The van der Waals surface area contributed by atoms with E-state index in [1.807, 2.05) is 6.07 Å². The monoisotopic (exact) mass is 438 g/mol. The molecule has 23 heavy (non-hydrogen) atoms. The summed E-state index contributed by atoms with van der Waals surface area (Å²) in [6.45, 7) is 0.677. The van der Waals surface area contributed by atoms with Crippen LogP contribution in [0, 0.1) is 0 Å². The topological polar surface area (TPSA) is 18.5 Å². The summed E-state index contributed by atoms with van der Waals surface area (Å²) in [5, 5.41) is 0. The third kappa shape index (κ3) is 3.42. The Bertz CT molecular complexity index is 634. The van der Waals surface area contributed by atoms with Crippen LogP contribution in [0.3, 0.4) is 0 Å². The standard InChI is InChI=1S/C19H19BrO2Se/c20-17-15-11-16(21-12-13-7-3-1-4-8-13)18(22-15)19(17)23-14-9-5-2-6-10-14/h1-10,15-19H,11-12H2/t15-,16+,17+,18+,19-/m0/s1. The fourth-order valence-corrected chi connectivity index (χ4v) is 7.27. The van der Waals surface area contributed by atoms with Crippen LogP contribution in [0.25, 0.3) is 0 Å². The van der Waals surface area contributed by atoms with Crippen LogP contribution < -0.4 is 4.46 Å². The van der Waals surface area contributed by atoms with E-state index >= 15 is 0 Å². The van der Waals surface area contributed by atoms with Crippen molar-refractivity contribution in [3.63, 3.8) is 0 Å². The molecular weight excluding hydrogens is 419 g/mol. The molecule has 2 fully saturated rings. The molecule has 0 N–H and O–H groups in total. The van der Waals surface area contributed by atoms with Crippen LogP contribution in [0.4, 0.5) is 0 Å². The van der Waals surface area contributed by atoms with Gasteiger partial charge in [-0.3, -0.25) is 0 Å². The van der Waals surface area contributed by atoms with Crippen molar-refractivity contribution in [3.05, 3.63) is 66.2 Å². The molecule has 0 aromatic heterocycles. The fraction of sp³-hybridized carbons (Fsp3) is 0.368. The minimum absolute atomic E-state index is 0.226. The van der Waals surface area contributed by atoms with E-state index in [-0.39, 0.29) is 12.2 Å². The Morgan fingerprint density at radius 2 is 1.74 bits per heavy atom. The number of hydrogen-bond donors (Lipinski definition) is 0. The Balaban J connectivity index is 1.41. The van der Waals surface area contributed by atoms with Gasteiger partial charge in [0.2, 0.25) is 0 Å². The summed E-state index contributed by atoms with van der Waals surface area (Å²) in [5.74, 6) is 0. The zero-order valence-corrected chi connectivity index (χ0v) is 16.0. The molecule has 120 valence electrons. The van der Waals surface area contributed by atoms with Crippen molar-refractivity contribution in [1.82, 2.24) is 0 Å². The number of hydrogen-bond acceptors (Lipinski definition) is 2. The molecule has 2 aliphatic rings. The van der Waals surface area contributed by atoms with Crippen LogP contribution in [0.5, 0.6) is 0 Å². The molecule has 2 saturated heterocycles. The van der Waals surface area contributed by atoms with Gasteiger partial charge in [0.05, 0.1) is 0 Å². The molecule has 5 atom stereocenters. The van der Waals surface area contributed by atoms with Gasteiger partial charge in [-0.15, -0.1) is 0 Å². The van der Waals surface area contributed by atoms with Gasteiger partial charge < -0.3 is 0 Å². The molecule has 0 radical (unpaired) electrons. The molecule has 2 bridgehead atoms. The van der Waals surface area contributed by atoms with E-state index in [4.69, 9.17) is 9.47 Å². The summed E-state index contributed by atoms with van der Waals surface area (Å²) in [7, 11) is 0. The van der Waals surface area contributed by atoms with Crippen LogP contribution in [-0.2, 0) is 16.1 Å². The van der Waals surface area contributed by atoms with Gasteiger partial charge in [-0.05, 0) is 0 Å². The first-order chi connectivity index (χ1) is 11.3. The van der Waals surface area contributed by atoms with Crippen LogP contribution in [0.1, 0.15) is 12.0 Å². The Hall–Kier alpha value is -0.641. The van der Waals surface area contributed by atoms with E-state index in [1.165, 1.54) is 10.0 Å². The van der Waals surface area contributed by atoms with Crippen molar-refractivity contribution >= 4 is 35.3 Å². The molecule has 0 saturated carbocycles. The molecule has 0 amide bonds. The third-order valence-corrected chi connectivity index (χ3v) is 9.32. The van der Waals surface area contributed by atoms with Crippen LogP contribution in [-0.4, -0.2) is 38.1 Å². The average Bonchev–Trinajstić information content (AvgIpc) is 3.14. The molecule has 2 aromatic rings. The predicted octanol–water partition coefficient (Wildman–Crippen LogP) is 3.32. The van der Waals surface area contributed by atoms with E-state index in [0.717, 1.165) is 6.42 Å². The first kappa shape index (κ1) is 15.9. The zero-order chi connectivity index (χ0) is 15.6. The van der Waals surface area contributed by atoms with Crippen LogP contribution >= 0.6 is 15.9 Å². The van der Waals surface area contributed by atoms with E-state index in [9.17, 15) is 0 Å². The first-order valence-electron chi connectivity index (χ1n) is 7.98. The molecule has 2 nitrogen and oxygen atoms in total. The van der Waals surface area contributed by atoms with Crippen molar-refractivity contribution in [2.75, 3.05) is 0 Å². The van der Waals surface area contributed by atoms with Gasteiger partial charge in [-0.2, -0.15) is 0 Å². The van der Waals surface area contributed by atoms with Crippen LogP contribution in [0.2, 0.25) is 4.82 Å². The van der Waals surface area contributed by atoms with Crippen LogP contribution in [0.15, 0.2) is 60.7 Å². The molecule has 2 heterocycles. The van der Waals surface area contributed by atoms with Crippen molar-refractivity contribution in [2.24, 2.45) is 0 Å². The molecule has 2 aromatic carbocycles. The molecule has 0 spiro atoms. The number of alkyl halides is 1. The second kappa shape index (κ2) is 7.08. The van der Waals surface area contributed by atoms with Crippen molar-refractivity contribution in [3.8, 4) is 0 Å². The van der Waals surface area contributed by atoms with Crippen molar-refractivity contribution in [1.29, 1.82) is 0 Å². The van der Waals surface area contributed by atoms with Gasteiger partial charge in [0, 0.05) is 0 Å². The quantitative estimate of drug-likeness (QED) is 0.527. The summed E-state index contributed by atoms with van der Waals surface area (Å²) in [6.07, 6.45) is 1.77. The Kier molecular flexibility index (Phi) is 4.88. The molecule has 2 aliphatic heterocycles. The van der Waals surface area contributed by atoms with Gasteiger partial charge in [-0.1, -0.05) is 0 Å². The number of fused-ring (bicyclic) bond motifs is 2. The maximum atomic E-state index is 6.21. The Morgan fingerprint density at radius 3 is 2.43 bits per heavy atom. The predicted molar refractivity (Wildman–Crippen MR) is 96.6 cm³/mol. The average molecular weight is 438 g/mol. The zero-order valence-electron chi connectivity index (χ0n) is 12.7. The summed E-state index contributed by atoms with van der Waals surface area (Å²) in [4.78, 5) is 1.01. The minimum atomic E-state index is 0.226. The maximum absolute atomic E-state index is 6.21. The number of ether oxygens (including phenoxy) is 2. The summed E-state index contributed by atoms with van der Waals surface area (Å²) in [5.41, 5.74) is 1.23. The van der Waals surface area contributed by atoms with Crippen molar-refractivity contribution < 1.29 is 9.47 Å². The summed E-state index contributed by atoms with van der Waals surface area (Å²) < 4.78 is 13.9. The molecular formula is C19H19BrO2Se. The van der Waals surface area contributed by atoms with E-state index < -0.39 is 0 Å². The van der Waals surface area contributed by atoms with E-state index in [1.54, 1.807) is 0 Å². The SMILES string of the molecule is Br[C@H]1[C@H]([Se]c2ccccc2)[C@@H]2O[C@H]1C[C@H]2OCc1ccccc1. The summed E-state index contributed by atoms with van der Waals surface area (Å²) in [6, 6.07) is 21.2. The number of benzene rings is 2. The van der Waals surface area contributed by atoms with Gasteiger partial charge in [0.25, 0.3) is 0 Å². The normalized spacial score (nSPS) is 32.3. The second-order valence-electron chi connectivity index (χ2n) is 6.05. The van der Waals surface area contributed by atoms with Gasteiger partial charge in [0.15, 0.2) is 0 Å². The first-order valence-corrected chi connectivity index (χ1v) is 10.7. The van der Waals surface area contributed by atoms with Gasteiger partial charge >= 0.3 is 152 Å². The van der Waals surface area contributed by atoms with Crippen molar-refractivity contribution in [2.45, 2.75) is 41.0 Å². The van der Waals surface area contributed by atoms with Gasteiger partial charge in [0.1, 0.15) is 0 Å². The number of halogens is 1. The fourth-order valence-electron chi connectivity index (χ4n) is 3.32.